The Bertz CT molecular complexity index is 683. The second-order valence-corrected chi connectivity index (χ2v) is 6.03. The van der Waals surface area contributed by atoms with Gasteiger partial charge >= 0.3 is 5.97 Å². The van der Waals surface area contributed by atoms with E-state index in [1.165, 1.54) is 11.3 Å². The summed E-state index contributed by atoms with van der Waals surface area (Å²) in [6, 6.07) is 7.69. The molecule has 116 valence electrons. The lowest BCUT2D eigenvalue weighted by Crippen LogP contribution is -2.25. The van der Waals surface area contributed by atoms with E-state index < -0.39 is 5.97 Å². The van der Waals surface area contributed by atoms with Gasteiger partial charge < -0.3 is 14.6 Å². The zero-order chi connectivity index (χ0) is 15.5. The lowest BCUT2D eigenvalue weighted by atomic mass is 10.1. The predicted octanol–water partition coefficient (Wildman–Crippen LogP) is 2.85. The molecule has 0 saturated heterocycles. The fourth-order valence-electron chi connectivity index (χ4n) is 2.56. The molecule has 0 spiro atoms. The summed E-state index contributed by atoms with van der Waals surface area (Å²) in [5, 5.41) is 11.0. The van der Waals surface area contributed by atoms with Crippen molar-refractivity contribution in [3.63, 3.8) is 0 Å². The van der Waals surface area contributed by atoms with E-state index >= 15 is 0 Å². The summed E-state index contributed by atoms with van der Waals surface area (Å²) in [5.74, 6) is 0.755. The van der Waals surface area contributed by atoms with E-state index in [1.54, 1.807) is 7.11 Å². The van der Waals surface area contributed by atoms with Crippen molar-refractivity contribution in [3.8, 4) is 11.5 Å². The van der Waals surface area contributed by atoms with Crippen molar-refractivity contribution in [1.29, 1.82) is 0 Å². The molecule has 6 heteroatoms. The maximum Gasteiger partial charge on any atom is 0.346 e. The summed E-state index contributed by atoms with van der Waals surface area (Å²) in [7, 11) is 1.63. The molecule has 2 aromatic rings. The van der Waals surface area contributed by atoms with Crippen molar-refractivity contribution in [2.75, 3.05) is 20.3 Å². The molecular formula is C16H17NO4S. The van der Waals surface area contributed by atoms with Crippen LogP contribution in [0, 0.1) is 0 Å². The van der Waals surface area contributed by atoms with Gasteiger partial charge in [0.15, 0.2) is 0 Å². The molecule has 1 aromatic carbocycles. The lowest BCUT2D eigenvalue weighted by molar-refractivity contribution is 0.0700. The minimum Gasteiger partial charge on any atom is -0.497 e. The van der Waals surface area contributed by atoms with Gasteiger partial charge in [0.25, 0.3) is 0 Å². The number of methoxy groups -OCH3 is 1. The normalized spacial score (nSPS) is 14.8. The Morgan fingerprint density at radius 1 is 1.45 bits per heavy atom. The van der Waals surface area contributed by atoms with Crippen molar-refractivity contribution in [2.24, 2.45) is 0 Å². The number of carboxylic acid groups (broad SMARTS) is 1. The van der Waals surface area contributed by atoms with Crippen LogP contribution >= 0.6 is 11.3 Å². The number of thiophene rings is 1. The third kappa shape index (κ3) is 3.08. The van der Waals surface area contributed by atoms with Gasteiger partial charge in [-0.3, -0.25) is 4.90 Å². The molecule has 1 aliphatic heterocycles. The van der Waals surface area contributed by atoms with Crippen LogP contribution in [0.5, 0.6) is 11.5 Å². The first-order chi connectivity index (χ1) is 10.7. The predicted molar refractivity (Wildman–Crippen MR) is 83.9 cm³/mol. The van der Waals surface area contributed by atoms with Gasteiger partial charge in [0.2, 0.25) is 0 Å². The number of rotatable bonds is 4. The van der Waals surface area contributed by atoms with Gasteiger partial charge in [-0.15, -0.1) is 11.3 Å². The highest BCUT2D eigenvalue weighted by molar-refractivity contribution is 7.12. The number of ether oxygens (including phenoxy) is 2. The third-order valence-corrected chi connectivity index (χ3v) is 4.61. The molecule has 0 saturated carbocycles. The first-order valence-electron chi connectivity index (χ1n) is 6.99. The average molecular weight is 319 g/mol. The molecule has 1 aromatic heterocycles. The summed E-state index contributed by atoms with van der Waals surface area (Å²) in [5.41, 5.74) is 1.94. The molecule has 0 aliphatic carbocycles. The molecule has 5 nitrogen and oxygen atoms in total. The van der Waals surface area contributed by atoms with Crippen LogP contribution in [-0.4, -0.2) is 36.2 Å². The number of fused-ring (bicyclic) bond motifs is 1. The van der Waals surface area contributed by atoms with E-state index in [0.717, 1.165) is 35.7 Å². The zero-order valence-corrected chi connectivity index (χ0v) is 13.1. The van der Waals surface area contributed by atoms with E-state index in [0.29, 0.717) is 18.0 Å². The highest BCUT2D eigenvalue weighted by Crippen LogP contribution is 2.29. The van der Waals surface area contributed by atoms with Gasteiger partial charge in [-0.05, 0) is 23.1 Å². The molecule has 0 bridgehead atoms. The van der Waals surface area contributed by atoms with Crippen molar-refractivity contribution in [3.05, 3.63) is 45.6 Å². The highest BCUT2D eigenvalue weighted by Gasteiger charge is 2.19. The third-order valence-electron chi connectivity index (χ3n) is 3.67. The molecule has 0 unspecified atom stereocenters. The summed E-state index contributed by atoms with van der Waals surface area (Å²) in [6.45, 7) is 2.67. The lowest BCUT2D eigenvalue weighted by Gasteiger charge is -2.19. The number of aromatic carboxylic acids is 1. The van der Waals surface area contributed by atoms with E-state index in [-0.39, 0.29) is 0 Å². The van der Waals surface area contributed by atoms with Crippen LogP contribution in [0.25, 0.3) is 0 Å². The van der Waals surface area contributed by atoms with E-state index in [2.05, 4.69) is 4.90 Å². The van der Waals surface area contributed by atoms with Crippen LogP contribution in [0.1, 0.15) is 20.8 Å². The smallest absolute Gasteiger partial charge is 0.346 e. The van der Waals surface area contributed by atoms with E-state index in [9.17, 15) is 9.90 Å². The van der Waals surface area contributed by atoms with Crippen LogP contribution in [-0.2, 0) is 13.1 Å². The van der Waals surface area contributed by atoms with Gasteiger partial charge in [0.05, 0.1) is 7.11 Å². The topological polar surface area (TPSA) is 59.0 Å². The van der Waals surface area contributed by atoms with Crippen molar-refractivity contribution in [1.82, 2.24) is 4.90 Å². The first-order valence-corrected chi connectivity index (χ1v) is 7.87. The Balaban J connectivity index is 1.78. The molecule has 22 heavy (non-hydrogen) atoms. The van der Waals surface area contributed by atoms with Crippen LogP contribution in [0.3, 0.4) is 0 Å². The van der Waals surface area contributed by atoms with Crippen LogP contribution in [0.15, 0.2) is 29.6 Å². The second-order valence-electron chi connectivity index (χ2n) is 5.11. The zero-order valence-electron chi connectivity index (χ0n) is 12.2. The number of hydrogen-bond acceptors (Lipinski definition) is 5. The SMILES string of the molecule is COc1ccc2c(c1)OCCN(Cc1ccsc1C(=O)O)C2. The number of carboxylic acids is 1. The number of hydrogen-bond donors (Lipinski definition) is 1. The standard InChI is InChI=1S/C16H17NO4S/c1-20-13-3-2-11-9-17(5-6-21-14(11)8-13)10-12-4-7-22-15(12)16(18)19/h2-4,7-8H,5-6,9-10H2,1H3,(H,18,19). The first kappa shape index (κ1) is 14.9. The van der Waals surface area contributed by atoms with Gasteiger partial charge in [-0.1, -0.05) is 6.07 Å². The van der Waals surface area contributed by atoms with Crippen LogP contribution < -0.4 is 9.47 Å². The largest absolute Gasteiger partial charge is 0.497 e. The fraction of sp³-hybridized carbons (Fsp3) is 0.312. The number of benzene rings is 1. The summed E-state index contributed by atoms with van der Waals surface area (Å²) < 4.78 is 11.0. The minimum absolute atomic E-state index is 0.417. The molecule has 0 amide bonds. The Labute approximate surface area is 132 Å². The molecule has 0 atom stereocenters. The van der Waals surface area contributed by atoms with Crippen molar-refractivity contribution >= 4 is 17.3 Å². The Kier molecular flexibility index (Phi) is 4.31. The molecule has 3 rings (SSSR count). The Morgan fingerprint density at radius 3 is 3.09 bits per heavy atom. The monoisotopic (exact) mass is 319 g/mol. The maximum absolute atomic E-state index is 11.2. The number of nitrogens with zero attached hydrogens (tertiary/aromatic N) is 1. The maximum atomic E-state index is 11.2. The van der Waals surface area contributed by atoms with Gasteiger partial charge in [-0.2, -0.15) is 0 Å². The molecule has 1 aliphatic rings. The molecule has 0 fully saturated rings. The molecule has 0 radical (unpaired) electrons. The van der Waals surface area contributed by atoms with Crippen molar-refractivity contribution in [2.45, 2.75) is 13.1 Å². The second kappa shape index (κ2) is 6.37. The summed E-state index contributed by atoms with van der Waals surface area (Å²) in [6.07, 6.45) is 0. The summed E-state index contributed by atoms with van der Waals surface area (Å²) in [4.78, 5) is 13.8. The molecule has 1 N–H and O–H groups in total. The quantitative estimate of drug-likeness (QED) is 0.939. The van der Waals surface area contributed by atoms with Crippen LogP contribution in [0.2, 0.25) is 0 Å². The number of carbonyl (C=O) groups is 1. The molecular weight excluding hydrogens is 302 g/mol. The fourth-order valence-corrected chi connectivity index (χ4v) is 3.31. The van der Waals surface area contributed by atoms with Gasteiger partial charge in [0, 0.05) is 31.3 Å². The average Bonchev–Trinajstić information content (AvgIpc) is 2.87. The minimum atomic E-state index is -0.860. The van der Waals surface area contributed by atoms with Crippen molar-refractivity contribution < 1.29 is 19.4 Å². The summed E-state index contributed by atoms with van der Waals surface area (Å²) >= 11 is 1.27. The molecule has 2 heterocycles. The Hall–Kier alpha value is -2.05. The van der Waals surface area contributed by atoms with Gasteiger partial charge in [0.1, 0.15) is 23.0 Å². The van der Waals surface area contributed by atoms with Crippen LogP contribution in [0.4, 0.5) is 0 Å². The highest BCUT2D eigenvalue weighted by atomic mass is 32.1. The van der Waals surface area contributed by atoms with E-state index in [1.807, 2.05) is 29.6 Å². The van der Waals surface area contributed by atoms with E-state index in [4.69, 9.17) is 9.47 Å². The Morgan fingerprint density at radius 2 is 2.32 bits per heavy atom. The van der Waals surface area contributed by atoms with Gasteiger partial charge in [-0.25, -0.2) is 4.79 Å².